The third kappa shape index (κ3) is 4.83. The summed E-state index contributed by atoms with van der Waals surface area (Å²) in [6.07, 6.45) is 7.43. The molecule has 2 heterocycles. The van der Waals surface area contributed by atoms with Gasteiger partial charge in [-0.15, -0.1) is 0 Å². The fourth-order valence-corrected chi connectivity index (χ4v) is 7.47. The Morgan fingerprint density at radius 1 is 1.03 bits per heavy atom. The number of rotatable bonds is 7. The smallest absolute Gasteiger partial charge is 0.408 e. The van der Waals surface area contributed by atoms with Crippen molar-refractivity contribution in [3.05, 3.63) is 71.9 Å². The summed E-state index contributed by atoms with van der Waals surface area (Å²) >= 11 is 0. The molecule has 7 nitrogen and oxygen atoms in total. The number of imide groups is 1. The van der Waals surface area contributed by atoms with E-state index >= 15 is 0 Å². The number of hydrogen-bond acceptors (Lipinski definition) is 3. The summed E-state index contributed by atoms with van der Waals surface area (Å²) in [4.78, 5) is 47.0. The number of likely N-dealkylation sites (tertiary alicyclic amines) is 1. The van der Waals surface area contributed by atoms with Crippen molar-refractivity contribution in [3.63, 3.8) is 0 Å². The Labute approximate surface area is 230 Å². The van der Waals surface area contributed by atoms with Gasteiger partial charge in [0.15, 0.2) is 0 Å². The van der Waals surface area contributed by atoms with Crippen LogP contribution in [0.2, 0.25) is 0 Å². The maximum atomic E-state index is 14.4. The summed E-state index contributed by atoms with van der Waals surface area (Å²) in [6.45, 7) is 0.251. The zero-order valence-corrected chi connectivity index (χ0v) is 21.6. The molecule has 6 rings (SSSR count). The summed E-state index contributed by atoms with van der Waals surface area (Å²) < 4.78 is 0. The number of carbonyl (C=O) groups excluding carboxylic acids is 2. The van der Waals surface area contributed by atoms with E-state index < -0.39 is 11.6 Å². The number of para-hydroxylation sites is 1. The average Bonchev–Trinajstić information content (AvgIpc) is 3.43. The van der Waals surface area contributed by atoms with Crippen LogP contribution in [0.4, 0.5) is 4.79 Å². The van der Waals surface area contributed by atoms with Crippen LogP contribution in [0.1, 0.15) is 63.5 Å². The van der Waals surface area contributed by atoms with Crippen molar-refractivity contribution in [2.24, 2.45) is 11.8 Å². The molecule has 2 aliphatic carbocycles. The fourth-order valence-electron chi connectivity index (χ4n) is 7.47. The van der Waals surface area contributed by atoms with Gasteiger partial charge in [0.25, 0.3) is 5.91 Å². The topological polar surface area (TPSA) is 93.7 Å². The summed E-state index contributed by atoms with van der Waals surface area (Å²) in [5.74, 6) is 0.228. The van der Waals surface area contributed by atoms with E-state index in [0.717, 1.165) is 54.1 Å². The predicted molar refractivity (Wildman–Crippen MR) is 151 cm³/mol. The molecule has 2 bridgehead atoms. The number of nitrogens with zero attached hydrogens (tertiary/aromatic N) is 2. The van der Waals surface area contributed by atoms with Crippen molar-refractivity contribution in [3.8, 4) is 0 Å². The number of carboxylic acid groups (broad SMARTS) is 1. The Morgan fingerprint density at radius 3 is 2.59 bits per heavy atom. The predicted octanol–water partition coefficient (Wildman–Crippen LogP) is 6.04. The third-order valence-corrected chi connectivity index (χ3v) is 9.25. The van der Waals surface area contributed by atoms with Gasteiger partial charge in [-0.25, -0.2) is 4.79 Å². The zero-order chi connectivity index (χ0) is 26.3. The summed E-state index contributed by atoms with van der Waals surface area (Å²) in [5.41, 5.74) is 1.40. The molecule has 3 amide bonds. The van der Waals surface area contributed by atoms with Crippen LogP contribution in [0.25, 0.3) is 10.9 Å². The van der Waals surface area contributed by atoms with Gasteiger partial charge in [-0.3, -0.25) is 19.4 Å². The van der Waals surface area contributed by atoms with E-state index in [4.69, 9.17) is 0 Å². The van der Waals surface area contributed by atoms with E-state index in [-0.39, 0.29) is 50.6 Å². The van der Waals surface area contributed by atoms with Gasteiger partial charge in [-0.1, -0.05) is 68.8 Å². The molecule has 2 N–H and O–H groups in total. The number of fused-ring (bicyclic) bond motifs is 3. The highest BCUT2D eigenvalue weighted by molar-refractivity contribution is 6.10. The normalized spacial score (nSPS) is 26.5. The van der Waals surface area contributed by atoms with E-state index in [9.17, 15) is 19.5 Å². The minimum Gasteiger partial charge on any atom is -0.465 e. The summed E-state index contributed by atoms with van der Waals surface area (Å²) in [7, 11) is 0. The SMILES string of the molecule is C.O=C1CC(Cc2c[nH]c3ccccc23)(N(C(=O)O)C2CCC3CCCC2C3)C(=O)N1CCc1ccccc1. The Balaban J connectivity index is 0.00000308. The van der Waals surface area contributed by atoms with Crippen LogP contribution in [0.15, 0.2) is 60.8 Å². The van der Waals surface area contributed by atoms with Crippen molar-refractivity contribution in [1.29, 1.82) is 0 Å². The molecule has 1 saturated heterocycles. The minimum absolute atomic E-state index is 0. The van der Waals surface area contributed by atoms with Gasteiger partial charge in [0, 0.05) is 36.1 Å². The highest BCUT2D eigenvalue weighted by atomic mass is 16.4. The highest BCUT2D eigenvalue weighted by Gasteiger charge is 2.59. The number of H-pyrrole nitrogens is 1. The van der Waals surface area contributed by atoms with Crippen LogP contribution in [-0.2, 0) is 22.4 Å². The number of carbonyl (C=O) groups is 3. The van der Waals surface area contributed by atoms with E-state index in [1.165, 1.54) is 16.2 Å². The molecule has 3 aromatic rings. The Hall–Kier alpha value is -3.61. The van der Waals surface area contributed by atoms with Crippen molar-refractivity contribution in [2.45, 2.75) is 76.8 Å². The zero-order valence-electron chi connectivity index (χ0n) is 21.6. The average molecular weight is 530 g/mol. The summed E-state index contributed by atoms with van der Waals surface area (Å²) in [6, 6.07) is 17.4. The first-order chi connectivity index (χ1) is 18.5. The number of aromatic amines is 1. The molecule has 3 aliphatic rings. The van der Waals surface area contributed by atoms with Crippen molar-refractivity contribution < 1.29 is 19.5 Å². The van der Waals surface area contributed by atoms with Gasteiger partial charge in [-0.05, 0) is 61.1 Å². The molecule has 2 aromatic carbocycles. The van der Waals surface area contributed by atoms with Gasteiger partial charge in [-0.2, -0.15) is 0 Å². The van der Waals surface area contributed by atoms with E-state index in [0.29, 0.717) is 12.3 Å². The van der Waals surface area contributed by atoms with E-state index in [1.807, 2.05) is 60.8 Å². The van der Waals surface area contributed by atoms with Crippen LogP contribution in [0, 0.1) is 11.8 Å². The monoisotopic (exact) mass is 529 g/mol. The van der Waals surface area contributed by atoms with Crippen LogP contribution in [-0.4, -0.2) is 55.9 Å². The quantitative estimate of drug-likeness (QED) is 0.365. The lowest BCUT2D eigenvalue weighted by Gasteiger charge is -2.49. The fraction of sp³-hybridized carbons (Fsp3) is 0.469. The molecule has 3 fully saturated rings. The lowest BCUT2D eigenvalue weighted by molar-refractivity contribution is -0.143. The van der Waals surface area contributed by atoms with Gasteiger partial charge in [0.1, 0.15) is 5.54 Å². The molecule has 7 heteroatoms. The van der Waals surface area contributed by atoms with Crippen molar-refractivity contribution >= 4 is 28.8 Å². The lowest BCUT2D eigenvalue weighted by Crippen LogP contribution is -2.63. The molecule has 0 radical (unpaired) electrons. The first-order valence-corrected chi connectivity index (χ1v) is 13.9. The number of nitrogens with one attached hydrogen (secondary N) is 1. The number of benzene rings is 2. The molecular weight excluding hydrogens is 490 g/mol. The second kappa shape index (κ2) is 10.9. The van der Waals surface area contributed by atoms with Crippen LogP contribution in [0.3, 0.4) is 0 Å². The molecule has 39 heavy (non-hydrogen) atoms. The standard InChI is InChI=1S/C31H35N3O4.CH4/c35-28-19-31(18-24-20-32-26-12-5-4-11-25(24)26,29(36)33(28)16-15-21-7-2-1-3-8-21)34(30(37)38)27-14-13-22-9-6-10-23(27)17-22;/h1-5,7-8,11-12,20,22-23,27,32H,6,9-10,13-19H2,(H,37,38);1H4. The van der Waals surface area contributed by atoms with Gasteiger partial charge in [0.05, 0.1) is 6.42 Å². The highest BCUT2D eigenvalue weighted by Crippen LogP contribution is 2.46. The molecule has 206 valence electrons. The van der Waals surface area contributed by atoms with E-state index in [1.54, 1.807) is 0 Å². The number of hydrogen-bond donors (Lipinski definition) is 2. The van der Waals surface area contributed by atoms with Gasteiger partial charge >= 0.3 is 6.09 Å². The van der Waals surface area contributed by atoms with E-state index in [2.05, 4.69) is 4.98 Å². The van der Waals surface area contributed by atoms with Crippen molar-refractivity contribution in [2.75, 3.05) is 6.54 Å². The lowest BCUT2D eigenvalue weighted by atomic mass is 9.68. The molecule has 1 aliphatic heterocycles. The van der Waals surface area contributed by atoms with Crippen LogP contribution >= 0.6 is 0 Å². The first kappa shape index (κ1) is 27.0. The maximum Gasteiger partial charge on any atom is 0.408 e. The van der Waals surface area contributed by atoms with Crippen LogP contribution in [0.5, 0.6) is 0 Å². The second-order valence-electron chi connectivity index (χ2n) is 11.4. The second-order valence-corrected chi connectivity index (χ2v) is 11.4. The minimum atomic E-state index is -1.44. The van der Waals surface area contributed by atoms with Crippen LogP contribution < -0.4 is 0 Å². The summed E-state index contributed by atoms with van der Waals surface area (Å²) in [5, 5.41) is 11.7. The molecule has 4 atom stereocenters. The Morgan fingerprint density at radius 2 is 1.79 bits per heavy atom. The third-order valence-electron chi connectivity index (χ3n) is 9.25. The van der Waals surface area contributed by atoms with Crippen molar-refractivity contribution in [1.82, 2.24) is 14.8 Å². The molecule has 1 aromatic heterocycles. The van der Waals surface area contributed by atoms with Gasteiger partial charge in [0.2, 0.25) is 5.91 Å². The number of amides is 3. The molecular formula is C32H39N3O4. The molecule has 2 saturated carbocycles. The largest absolute Gasteiger partial charge is 0.465 e. The molecule has 0 spiro atoms. The maximum absolute atomic E-state index is 14.4. The molecule has 4 unspecified atom stereocenters. The Bertz CT molecular complexity index is 1350. The Kier molecular flexibility index (Phi) is 7.52. The van der Waals surface area contributed by atoms with Gasteiger partial charge < -0.3 is 10.1 Å². The first-order valence-electron chi connectivity index (χ1n) is 13.9. The number of aromatic nitrogens is 1.